The first-order chi connectivity index (χ1) is 14.9. The quantitative estimate of drug-likeness (QED) is 0.568. The van der Waals surface area contributed by atoms with Gasteiger partial charge in [-0.15, -0.1) is 11.3 Å². The number of sulfonamides is 1. The van der Waals surface area contributed by atoms with Gasteiger partial charge in [-0.3, -0.25) is 4.79 Å². The number of aryl methyl sites for hydroxylation is 1. The zero-order valence-corrected chi connectivity index (χ0v) is 18.7. The minimum atomic E-state index is -3.54. The highest BCUT2D eigenvalue weighted by Gasteiger charge is 2.30. The predicted octanol–water partition coefficient (Wildman–Crippen LogP) is 3.18. The summed E-state index contributed by atoms with van der Waals surface area (Å²) in [7, 11) is -3.54. The van der Waals surface area contributed by atoms with E-state index < -0.39 is 10.0 Å². The fourth-order valence-electron chi connectivity index (χ4n) is 3.41. The third kappa shape index (κ3) is 4.95. The van der Waals surface area contributed by atoms with E-state index in [9.17, 15) is 13.2 Å². The molecule has 9 heteroatoms. The van der Waals surface area contributed by atoms with E-state index in [0.717, 1.165) is 10.7 Å². The summed E-state index contributed by atoms with van der Waals surface area (Å²) in [5, 5.41) is 2.93. The Hall–Kier alpha value is -2.75. The summed E-state index contributed by atoms with van der Waals surface area (Å²) >= 11 is 1.57. The number of thiazole rings is 1. The number of carbonyl (C=O) groups excluding carboxylic acids is 1. The van der Waals surface area contributed by atoms with E-state index in [0.29, 0.717) is 31.0 Å². The Balaban J connectivity index is 1.37. The monoisotopic (exact) mass is 457 g/mol. The van der Waals surface area contributed by atoms with Gasteiger partial charge in [0.2, 0.25) is 10.0 Å². The average molecular weight is 458 g/mol. The Labute approximate surface area is 186 Å². The molecule has 0 spiro atoms. The Morgan fingerprint density at radius 2 is 1.81 bits per heavy atom. The number of nitrogens with zero attached hydrogens (tertiary/aromatic N) is 3. The zero-order valence-electron chi connectivity index (χ0n) is 17.1. The number of piperazine rings is 1. The van der Waals surface area contributed by atoms with Gasteiger partial charge in [-0.2, -0.15) is 4.31 Å². The topological polar surface area (TPSA) is 79.8 Å². The van der Waals surface area contributed by atoms with Crippen LogP contribution in [0.2, 0.25) is 0 Å². The molecule has 1 aliphatic rings. The second-order valence-corrected chi connectivity index (χ2v) is 10.2. The molecule has 2 aromatic carbocycles. The molecule has 4 rings (SSSR count). The molecule has 0 bridgehead atoms. The van der Waals surface area contributed by atoms with Crippen molar-refractivity contribution in [2.75, 3.05) is 26.2 Å². The maximum Gasteiger partial charge on any atom is 0.254 e. The molecule has 0 N–H and O–H groups in total. The largest absolute Gasteiger partial charge is 0.487 e. The Morgan fingerprint density at radius 1 is 1.06 bits per heavy atom. The molecule has 0 radical (unpaired) electrons. The van der Waals surface area contributed by atoms with Crippen LogP contribution in [0.15, 0.2) is 64.9 Å². The van der Waals surface area contributed by atoms with Crippen LogP contribution in [0.1, 0.15) is 21.1 Å². The number of carbonyl (C=O) groups is 1. The fraction of sp³-hybridized carbons (Fsp3) is 0.273. The second-order valence-electron chi connectivity index (χ2n) is 7.18. The molecule has 1 fully saturated rings. The Kier molecular flexibility index (Phi) is 6.35. The number of hydrogen-bond acceptors (Lipinski definition) is 6. The molecular formula is C22H23N3O4S2. The normalized spacial score (nSPS) is 15.1. The van der Waals surface area contributed by atoms with Crippen molar-refractivity contribution in [1.29, 1.82) is 0 Å². The van der Waals surface area contributed by atoms with Crippen molar-refractivity contribution in [3.05, 3.63) is 76.2 Å². The van der Waals surface area contributed by atoms with Crippen LogP contribution in [0.5, 0.6) is 5.75 Å². The van der Waals surface area contributed by atoms with Crippen LogP contribution < -0.4 is 4.74 Å². The summed E-state index contributed by atoms with van der Waals surface area (Å²) < 4.78 is 32.8. The van der Waals surface area contributed by atoms with E-state index in [2.05, 4.69) is 4.98 Å². The van der Waals surface area contributed by atoms with Gasteiger partial charge in [-0.25, -0.2) is 13.4 Å². The van der Waals surface area contributed by atoms with Crippen molar-refractivity contribution in [2.45, 2.75) is 18.4 Å². The van der Waals surface area contributed by atoms with Gasteiger partial charge >= 0.3 is 0 Å². The van der Waals surface area contributed by atoms with Gasteiger partial charge in [0, 0.05) is 37.1 Å². The van der Waals surface area contributed by atoms with Crippen LogP contribution in [0, 0.1) is 6.92 Å². The molecule has 1 aromatic heterocycles. The summed E-state index contributed by atoms with van der Waals surface area (Å²) in [6, 6.07) is 15.4. The van der Waals surface area contributed by atoms with E-state index in [1.165, 1.54) is 4.31 Å². The molecule has 0 aliphatic carbocycles. The molecular weight excluding hydrogens is 434 g/mol. The van der Waals surface area contributed by atoms with Gasteiger partial charge in [0.1, 0.15) is 12.4 Å². The summed E-state index contributed by atoms with van der Waals surface area (Å²) in [6.07, 6.45) is 0. The van der Waals surface area contributed by atoms with E-state index in [-0.39, 0.29) is 23.9 Å². The Bertz CT molecular complexity index is 1150. The van der Waals surface area contributed by atoms with Gasteiger partial charge in [-0.1, -0.05) is 24.3 Å². The molecule has 1 aliphatic heterocycles. The van der Waals surface area contributed by atoms with Crippen LogP contribution in [-0.2, 0) is 16.6 Å². The van der Waals surface area contributed by atoms with E-state index >= 15 is 0 Å². The molecule has 0 atom stereocenters. The molecule has 2 heterocycles. The number of hydrogen-bond donors (Lipinski definition) is 0. The van der Waals surface area contributed by atoms with Crippen molar-refractivity contribution in [1.82, 2.24) is 14.2 Å². The van der Waals surface area contributed by atoms with Gasteiger partial charge in [0.15, 0.2) is 0 Å². The van der Waals surface area contributed by atoms with Crippen molar-refractivity contribution >= 4 is 27.3 Å². The second kappa shape index (κ2) is 9.17. The zero-order chi connectivity index (χ0) is 21.8. The molecule has 0 unspecified atom stereocenters. The fourth-order valence-corrected chi connectivity index (χ4v) is 5.45. The standard InChI is InChI=1S/C22H23N3O4S2/c1-17-23-19(16-30-17)15-29-20-7-5-6-18(14-20)22(26)24-10-12-25(13-11-24)31(27,28)21-8-3-2-4-9-21/h2-9,14,16H,10-13,15H2,1H3. The average Bonchev–Trinajstić information content (AvgIpc) is 3.23. The third-order valence-electron chi connectivity index (χ3n) is 5.04. The Morgan fingerprint density at radius 3 is 2.48 bits per heavy atom. The number of rotatable bonds is 6. The minimum absolute atomic E-state index is 0.133. The number of aromatic nitrogens is 1. The number of ether oxygens (including phenoxy) is 1. The lowest BCUT2D eigenvalue weighted by Crippen LogP contribution is -2.50. The third-order valence-corrected chi connectivity index (χ3v) is 7.78. The molecule has 1 saturated heterocycles. The van der Waals surface area contributed by atoms with Crippen molar-refractivity contribution in [3.8, 4) is 5.75 Å². The summed E-state index contributed by atoms with van der Waals surface area (Å²) in [5.41, 5.74) is 1.38. The van der Waals surface area contributed by atoms with Crippen LogP contribution >= 0.6 is 11.3 Å². The van der Waals surface area contributed by atoms with Crippen molar-refractivity contribution in [3.63, 3.8) is 0 Å². The van der Waals surface area contributed by atoms with Crippen LogP contribution in [0.4, 0.5) is 0 Å². The van der Waals surface area contributed by atoms with E-state index in [4.69, 9.17) is 4.74 Å². The molecule has 3 aromatic rings. The molecule has 162 valence electrons. The lowest BCUT2D eigenvalue weighted by atomic mass is 10.1. The van der Waals surface area contributed by atoms with Crippen molar-refractivity contribution in [2.24, 2.45) is 0 Å². The summed E-state index contributed by atoms with van der Waals surface area (Å²) in [5.74, 6) is 0.466. The first-order valence-corrected chi connectivity index (χ1v) is 12.2. The van der Waals surface area contributed by atoms with Gasteiger partial charge < -0.3 is 9.64 Å². The molecule has 1 amide bonds. The number of benzene rings is 2. The van der Waals surface area contributed by atoms with Gasteiger partial charge in [0.05, 0.1) is 15.6 Å². The lowest BCUT2D eigenvalue weighted by Gasteiger charge is -2.34. The predicted molar refractivity (Wildman–Crippen MR) is 119 cm³/mol. The van der Waals surface area contributed by atoms with Gasteiger partial charge in [-0.05, 0) is 37.3 Å². The van der Waals surface area contributed by atoms with Crippen LogP contribution in [-0.4, -0.2) is 54.7 Å². The summed E-state index contributed by atoms with van der Waals surface area (Å²) in [6.45, 7) is 3.50. The maximum absolute atomic E-state index is 12.9. The smallest absolute Gasteiger partial charge is 0.254 e. The first-order valence-electron chi connectivity index (χ1n) is 9.92. The SMILES string of the molecule is Cc1nc(COc2cccc(C(=O)N3CCN(S(=O)(=O)c4ccccc4)CC3)c2)cs1. The maximum atomic E-state index is 12.9. The van der Waals surface area contributed by atoms with Gasteiger partial charge in [0.25, 0.3) is 5.91 Å². The van der Waals surface area contributed by atoms with Crippen molar-refractivity contribution < 1.29 is 17.9 Å². The highest BCUT2D eigenvalue weighted by Crippen LogP contribution is 2.20. The highest BCUT2D eigenvalue weighted by molar-refractivity contribution is 7.89. The molecule has 0 saturated carbocycles. The molecule has 31 heavy (non-hydrogen) atoms. The minimum Gasteiger partial charge on any atom is -0.487 e. The van der Waals surface area contributed by atoms with E-state index in [1.807, 2.05) is 12.3 Å². The number of amides is 1. The first kappa shape index (κ1) is 21.5. The van der Waals surface area contributed by atoms with Crippen LogP contribution in [0.3, 0.4) is 0 Å². The highest BCUT2D eigenvalue weighted by atomic mass is 32.2. The molecule has 7 nitrogen and oxygen atoms in total. The van der Waals surface area contributed by atoms with Crippen LogP contribution in [0.25, 0.3) is 0 Å². The lowest BCUT2D eigenvalue weighted by molar-refractivity contribution is 0.0697. The summed E-state index contributed by atoms with van der Waals surface area (Å²) in [4.78, 5) is 19.3. The van der Waals surface area contributed by atoms with E-state index in [1.54, 1.807) is 70.8 Å².